The molecule has 0 radical (unpaired) electrons. The van der Waals surface area contributed by atoms with E-state index in [0.717, 1.165) is 4.90 Å². The van der Waals surface area contributed by atoms with Gasteiger partial charge in [0.05, 0.1) is 0 Å². The quantitative estimate of drug-likeness (QED) is 0.657. The lowest BCUT2D eigenvalue weighted by Gasteiger charge is -2.24. The van der Waals surface area contributed by atoms with Gasteiger partial charge in [0, 0.05) is 33.5 Å². The molecule has 0 saturated heterocycles. The highest BCUT2D eigenvalue weighted by Crippen LogP contribution is 1.97. The molecule has 1 N–H and O–H groups in total. The third-order valence-corrected chi connectivity index (χ3v) is 2.87. The van der Waals surface area contributed by atoms with Crippen LogP contribution < -0.4 is 0 Å². The van der Waals surface area contributed by atoms with E-state index in [9.17, 15) is 18.0 Å². The van der Waals surface area contributed by atoms with Crippen LogP contribution in [0.2, 0.25) is 0 Å². The van der Waals surface area contributed by atoms with Gasteiger partial charge in [-0.2, -0.15) is 8.42 Å². The fraction of sp³-hybridized carbons (Fsp3) is 0.778. The molecule has 17 heavy (non-hydrogen) atoms. The van der Waals surface area contributed by atoms with Crippen molar-refractivity contribution in [3.8, 4) is 0 Å². The van der Waals surface area contributed by atoms with Gasteiger partial charge in [0.15, 0.2) is 0 Å². The minimum Gasteiger partial charge on any atom is -0.341 e. The van der Waals surface area contributed by atoms with Crippen LogP contribution >= 0.6 is 0 Å². The molecule has 0 heterocycles. The lowest BCUT2D eigenvalue weighted by molar-refractivity contribution is -0.132. The smallest absolute Gasteiger partial charge is 0.283 e. The summed E-state index contributed by atoms with van der Waals surface area (Å²) >= 11 is 0. The zero-order valence-corrected chi connectivity index (χ0v) is 11.0. The zero-order chi connectivity index (χ0) is 13.6. The largest absolute Gasteiger partial charge is 0.341 e. The summed E-state index contributed by atoms with van der Waals surface area (Å²) in [6, 6.07) is 0. The molecule has 0 spiro atoms. The monoisotopic (exact) mass is 266 g/mol. The first kappa shape index (κ1) is 15.9. The van der Waals surface area contributed by atoms with E-state index in [1.165, 1.54) is 18.7 Å². The first-order valence-electron chi connectivity index (χ1n) is 5.13. The summed E-state index contributed by atoms with van der Waals surface area (Å²) in [5.41, 5.74) is 0. The number of hydrogen-bond donors (Lipinski definition) is 1. The second kappa shape index (κ2) is 6.55. The average Bonchev–Trinajstić information content (AvgIpc) is 2.14. The topological polar surface area (TPSA) is 95.0 Å². The Bertz CT molecular complexity index is 379. The van der Waals surface area contributed by atoms with E-state index in [0.29, 0.717) is 6.54 Å². The number of hydrogen-bond acceptors (Lipinski definition) is 4. The second-order valence-corrected chi connectivity index (χ2v) is 5.01. The molecule has 100 valence electrons. The van der Waals surface area contributed by atoms with E-state index in [2.05, 4.69) is 0 Å². The van der Waals surface area contributed by atoms with Crippen LogP contribution in [-0.4, -0.2) is 60.1 Å². The van der Waals surface area contributed by atoms with E-state index in [4.69, 9.17) is 4.55 Å². The minimum absolute atomic E-state index is 0.0720. The molecule has 0 aromatic heterocycles. The summed E-state index contributed by atoms with van der Waals surface area (Å²) in [4.78, 5) is 24.7. The van der Waals surface area contributed by atoms with E-state index < -0.39 is 21.9 Å². The van der Waals surface area contributed by atoms with Crippen molar-refractivity contribution >= 4 is 21.9 Å². The highest BCUT2D eigenvalue weighted by Gasteiger charge is 2.17. The second-order valence-electron chi connectivity index (χ2n) is 3.59. The number of carbonyl (C=O) groups excluding carboxylic acids is 2. The molecule has 8 heteroatoms. The maximum atomic E-state index is 11.1. The molecule has 0 unspecified atom stereocenters. The van der Waals surface area contributed by atoms with Gasteiger partial charge in [-0.3, -0.25) is 14.1 Å². The van der Waals surface area contributed by atoms with Crippen LogP contribution in [0.25, 0.3) is 0 Å². The van der Waals surface area contributed by atoms with Gasteiger partial charge in [0.25, 0.3) is 10.1 Å². The Labute approximate surface area is 101 Å². The summed E-state index contributed by atoms with van der Waals surface area (Å²) in [7, 11) is -4.24. The lowest BCUT2D eigenvalue weighted by Crippen LogP contribution is -2.41. The standard InChI is InChI=1S/C9H18N2O5S/c1-4-10(8(2)12)5-6-11(9(3)13)7-17(14,15)16/h4-7H2,1-3H3,(H,14,15,16). The van der Waals surface area contributed by atoms with Crippen molar-refractivity contribution in [2.75, 3.05) is 25.5 Å². The third kappa shape index (κ3) is 6.90. The van der Waals surface area contributed by atoms with Gasteiger partial charge < -0.3 is 9.80 Å². The molecule has 0 aromatic carbocycles. The van der Waals surface area contributed by atoms with Crippen LogP contribution in [0.3, 0.4) is 0 Å². The number of carbonyl (C=O) groups is 2. The predicted molar refractivity (Wildman–Crippen MR) is 61.7 cm³/mol. The Morgan fingerprint density at radius 2 is 1.47 bits per heavy atom. The van der Waals surface area contributed by atoms with E-state index in [1.807, 2.05) is 0 Å². The maximum absolute atomic E-state index is 11.1. The molecule has 0 aliphatic carbocycles. The van der Waals surface area contributed by atoms with Crippen LogP contribution in [-0.2, 0) is 19.7 Å². The van der Waals surface area contributed by atoms with Crippen molar-refractivity contribution in [2.45, 2.75) is 20.8 Å². The first-order valence-corrected chi connectivity index (χ1v) is 6.74. The molecule has 0 atom stereocenters. The van der Waals surface area contributed by atoms with E-state index in [-0.39, 0.29) is 19.0 Å². The van der Waals surface area contributed by atoms with Crippen LogP contribution in [0.1, 0.15) is 20.8 Å². The molecular weight excluding hydrogens is 248 g/mol. The van der Waals surface area contributed by atoms with Gasteiger partial charge in [-0.15, -0.1) is 0 Å². The molecule has 0 bridgehead atoms. The van der Waals surface area contributed by atoms with Crippen molar-refractivity contribution in [1.29, 1.82) is 0 Å². The maximum Gasteiger partial charge on any atom is 0.283 e. The molecule has 0 fully saturated rings. The van der Waals surface area contributed by atoms with Gasteiger partial charge >= 0.3 is 0 Å². The summed E-state index contributed by atoms with van der Waals surface area (Å²) < 4.78 is 30.0. The molecule has 0 rings (SSSR count). The Kier molecular flexibility index (Phi) is 6.11. The predicted octanol–water partition coefficient (Wildman–Crippen LogP) is -0.451. The van der Waals surface area contributed by atoms with Crippen LogP contribution in [0.4, 0.5) is 0 Å². The number of rotatable bonds is 6. The number of nitrogens with zero attached hydrogens (tertiary/aromatic N) is 2. The van der Waals surface area contributed by atoms with Crippen molar-refractivity contribution in [3.63, 3.8) is 0 Å². The van der Waals surface area contributed by atoms with Gasteiger partial charge in [0.2, 0.25) is 11.8 Å². The summed E-state index contributed by atoms with van der Waals surface area (Å²) in [5.74, 6) is -1.37. The van der Waals surface area contributed by atoms with Gasteiger partial charge in [-0.05, 0) is 6.92 Å². The number of amides is 2. The highest BCUT2D eigenvalue weighted by molar-refractivity contribution is 7.85. The number of likely N-dealkylation sites (N-methyl/N-ethyl adjacent to an activating group) is 1. The van der Waals surface area contributed by atoms with Crippen LogP contribution in [0.5, 0.6) is 0 Å². The SMILES string of the molecule is CCN(CCN(CS(=O)(=O)O)C(C)=O)C(C)=O. The lowest BCUT2D eigenvalue weighted by atomic mass is 10.4. The normalized spacial score (nSPS) is 11.1. The van der Waals surface area contributed by atoms with Gasteiger partial charge in [-0.1, -0.05) is 0 Å². The Morgan fingerprint density at radius 3 is 1.76 bits per heavy atom. The third-order valence-electron chi connectivity index (χ3n) is 2.23. The first-order chi connectivity index (χ1) is 7.67. The Hall–Kier alpha value is -1.15. The summed E-state index contributed by atoms with van der Waals surface area (Å²) in [5, 5.41) is 0. The van der Waals surface area contributed by atoms with Crippen LogP contribution in [0.15, 0.2) is 0 Å². The molecule has 0 aromatic rings. The fourth-order valence-electron chi connectivity index (χ4n) is 1.29. The molecule has 0 saturated carbocycles. The van der Waals surface area contributed by atoms with Crippen LogP contribution in [0, 0.1) is 0 Å². The van der Waals surface area contributed by atoms with E-state index in [1.54, 1.807) is 6.92 Å². The van der Waals surface area contributed by atoms with Gasteiger partial charge in [0.1, 0.15) is 5.88 Å². The summed E-state index contributed by atoms with van der Waals surface area (Å²) in [6.07, 6.45) is 0. The zero-order valence-electron chi connectivity index (χ0n) is 10.2. The molecule has 2 amide bonds. The Morgan fingerprint density at radius 1 is 1.06 bits per heavy atom. The van der Waals surface area contributed by atoms with Crippen molar-refractivity contribution in [3.05, 3.63) is 0 Å². The molecule has 0 aliphatic rings. The van der Waals surface area contributed by atoms with Gasteiger partial charge in [-0.25, -0.2) is 0 Å². The van der Waals surface area contributed by atoms with Crippen molar-refractivity contribution in [1.82, 2.24) is 9.80 Å². The molecule has 7 nitrogen and oxygen atoms in total. The average molecular weight is 266 g/mol. The summed E-state index contributed by atoms with van der Waals surface area (Å²) in [6.45, 7) is 5.17. The van der Waals surface area contributed by atoms with E-state index >= 15 is 0 Å². The molecule has 0 aliphatic heterocycles. The van der Waals surface area contributed by atoms with Crippen molar-refractivity contribution in [2.24, 2.45) is 0 Å². The Balaban J connectivity index is 4.47. The highest BCUT2D eigenvalue weighted by atomic mass is 32.2. The van der Waals surface area contributed by atoms with Crippen molar-refractivity contribution < 1.29 is 22.6 Å². The fourth-order valence-corrected chi connectivity index (χ4v) is 1.99. The molecular formula is C9H18N2O5S. The minimum atomic E-state index is -4.24.